The summed E-state index contributed by atoms with van der Waals surface area (Å²) >= 11 is 0. The first-order valence-corrected chi connectivity index (χ1v) is 12.9. The first-order valence-electron chi connectivity index (χ1n) is 12.9. The minimum Gasteiger partial charge on any atom is -0.497 e. The van der Waals surface area contributed by atoms with Crippen LogP contribution in [0.5, 0.6) is 5.75 Å². The van der Waals surface area contributed by atoms with E-state index in [4.69, 9.17) is 9.72 Å². The van der Waals surface area contributed by atoms with Gasteiger partial charge in [-0.1, -0.05) is 48.5 Å². The third-order valence-electron chi connectivity index (χ3n) is 7.21. The van der Waals surface area contributed by atoms with Crippen LogP contribution in [0, 0.1) is 11.7 Å². The van der Waals surface area contributed by atoms with E-state index >= 15 is 0 Å². The van der Waals surface area contributed by atoms with Crippen molar-refractivity contribution in [3.63, 3.8) is 0 Å². The SMILES string of the molecule is COc1cccc(CCN2CCC(C(=O)NC(c3ccc(F)cc3)c3ccc4ccccc4n3)CC2)c1. The zero-order valence-corrected chi connectivity index (χ0v) is 21.1. The summed E-state index contributed by atoms with van der Waals surface area (Å²) in [6.07, 6.45) is 2.57. The Bertz CT molecular complexity index is 1350. The fourth-order valence-electron chi connectivity index (χ4n) is 5.02. The largest absolute Gasteiger partial charge is 0.497 e. The van der Waals surface area contributed by atoms with E-state index in [9.17, 15) is 9.18 Å². The predicted octanol–water partition coefficient (Wildman–Crippen LogP) is 5.54. The fourth-order valence-corrected chi connectivity index (χ4v) is 5.02. The van der Waals surface area contributed by atoms with Gasteiger partial charge in [-0.05, 0) is 79.9 Å². The molecule has 0 aliphatic carbocycles. The second kappa shape index (κ2) is 11.5. The van der Waals surface area contributed by atoms with Crippen LogP contribution in [0.1, 0.15) is 35.7 Å². The van der Waals surface area contributed by atoms with Gasteiger partial charge in [0.25, 0.3) is 0 Å². The molecule has 5 nitrogen and oxygen atoms in total. The van der Waals surface area contributed by atoms with Gasteiger partial charge in [-0.2, -0.15) is 0 Å². The molecule has 1 saturated heterocycles. The quantitative estimate of drug-likeness (QED) is 0.347. The molecule has 1 amide bonds. The number of nitrogens with one attached hydrogen (secondary N) is 1. The van der Waals surface area contributed by atoms with Crippen LogP contribution in [0.25, 0.3) is 10.9 Å². The summed E-state index contributed by atoms with van der Waals surface area (Å²) in [5, 5.41) is 4.27. The Labute approximate surface area is 217 Å². The number of rotatable bonds is 8. The number of benzene rings is 3. The van der Waals surface area contributed by atoms with Crippen LogP contribution in [0.15, 0.2) is 84.9 Å². The molecule has 1 aromatic heterocycles. The molecule has 0 bridgehead atoms. The number of likely N-dealkylation sites (tertiary alicyclic amines) is 1. The molecule has 3 aromatic carbocycles. The van der Waals surface area contributed by atoms with E-state index in [-0.39, 0.29) is 17.6 Å². The smallest absolute Gasteiger partial charge is 0.224 e. The monoisotopic (exact) mass is 497 g/mol. The van der Waals surface area contributed by atoms with E-state index in [0.29, 0.717) is 0 Å². The molecule has 6 heteroatoms. The summed E-state index contributed by atoms with van der Waals surface area (Å²) in [6, 6.07) is 25.9. The van der Waals surface area contributed by atoms with E-state index in [2.05, 4.69) is 22.3 Å². The molecule has 0 radical (unpaired) electrons. The Morgan fingerprint density at radius 2 is 1.81 bits per heavy atom. The van der Waals surface area contributed by atoms with Crippen molar-refractivity contribution in [3.8, 4) is 5.75 Å². The number of fused-ring (bicyclic) bond motifs is 1. The number of carbonyl (C=O) groups excluding carboxylic acids is 1. The van der Waals surface area contributed by atoms with E-state index in [1.165, 1.54) is 17.7 Å². The van der Waals surface area contributed by atoms with Crippen molar-refractivity contribution in [2.45, 2.75) is 25.3 Å². The molecular formula is C31H32FN3O2. The van der Waals surface area contributed by atoms with Gasteiger partial charge in [0, 0.05) is 17.8 Å². The van der Waals surface area contributed by atoms with Gasteiger partial charge >= 0.3 is 0 Å². The number of hydrogen-bond acceptors (Lipinski definition) is 4. The van der Waals surface area contributed by atoms with Crippen LogP contribution in [-0.4, -0.2) is 42.5 Å². The molecule has 37 heavy (non-hydrogen) atoms. The third kappa shape index (κ3) is 6.15. The van der Waals surface area contributed by atoms with Crippen molar-refractivity contribution in [1.29, 1.82) is 0 Å². The first kappa shape index (κ1) is 24.9. The first-order chi connectivity index (χ1) is 18.1. The molecule has 1 N–H and O–H groups in total. The number of ether oxygens (including phenoxy) is 1. The summed E-state index contributed by atoms with van der Waals surface area (Å²) in [5.41, 5.74) is 3.68. The maximum absolute atomic E-state index is 13.6. The summed E-state index contributed by atoms with van der Waals surface area (Å²) in [5.74, 6) is 0.541. The molecular weight excluding hydrogens is 465 g/mol. The second-order valence-corrected chi connectivity index (χ2v) is 9.64. The molecule has 4 aromatic rings. The number of piperidine rings is 1. The second-order valence-electron chi connectivity index (χ2n) is 9.64. The maximum Gasteiger partial charge on any atom is 0.224 e. The number of para-hydroxylation sites is 1. The average Bonchev–Trinajstić information content (AvgIpc) is 2.95. The van der Waals surface area contributed by atoms with Crippen LogP contribution in [0.2, 0.25) is 0 Å². The predicted molar refractivity (Wildman–Crippen MR) is 144 cm³/mol. The van der Waals surface area contributed by atoms with Crippen molar-refractivity contribution in [3.05, 3.63) is 108 Å². The molecule has 1 fully saturated rings. The van der Waals surface area contributed by atoms with Crippen molar-refractivity contribution < 1.29 is 13.9 Å². The van der Waals surface area contributed by atoms with Gasteiger partial charge < -0.3 is 15.0 Å². The van der Waals surface area contributed by atoms with Gasteiger partial charge in [-0.15, -0.1) is 0 Å². The molecule has 0 saturated carbocycles. The number of nitrogens with zero attached hydrogens (tertiary/aromatic N) is 2. The van der Waals surface area contributed by atoms with Crippen LogP contribution < -0.4 is 10.1 Å². The lowest BCUT2D eigenvalue weighted by Crippen LogP contribution is -2.42. The Morgan fingerprint density at radius 3 is 2.59 bits per heavy atom. The Hall–Kier alpha value is -3.77. The van der Waals surface area contributed by atoms with Crippen molar-refractivity contribution >= 4 is 16.8 Å². The Balaban J connectivity index is 1.24. The van der Waals surface area contributed by atoms with E-state index in [0.717, 1.165) is 66.8 Å². The maximum atomic E-state index is 13.6. The van der Waals surface area contributed by atoms with Crippen LogP contribution >= 0.6 is 0 Å². The van der Waals surface area contributed by atoms with Gasteiger partial charge in [0.15, 0.2) is 0 Å². The lowest BCUT2D eigenvalue weighted by molar-refractivity contribution is -0.127. The number of pyridine rings is 1. The molecule has 1 atom stereocenters. The highest BCUT2D eigenvalue weighted by Gasteiger charge is 2.28. The lowest BCUT2D eigenvalue weighted by atomic mass is 9.94. The molecule has 1 aliphatic rings. The molecule has 2 heterocycles. The minimum absolute atomic E-state index is 0.0247. The number of halogens is 1. The van der Waals surface area contributed by atoms with Gasteiger partial charge in [0.05, 0.1) is 24.4 Å². The Kier molecular flexibility index (Phi) is 7.76. The number of aromatic nitrogens is 1. The standard InChI is InChI=1S/C31H32FN3O2/c1-37-27-7-4-5-22(21-27)15-18-35-19-16-25(17-20-35)31(36)34-30(24-9-12-26(32)13-10-24)29-14-11-23-6-2-3-8-28(23)33-29/h2-14,21,25,30H,15-20H2,1H3,(H,34,36). The molecule has 5 rings (SSSR count). The number of methoxy groups -OCH3 is 1. The van der Waals surface area contributed by atoms with Crippen molar-refractivity contribution in [2.24, 2.45) is 5.92 Å². The van der Waals surface area contributed by atoms with Gasteiger partial charge in [0.1, 0.15) is 11.6 Å². The number of carbonyl (C=O) groups is 1. The van der Waals surface area contributed by atoms with Gasteiger partial charge in [-0.3, -0.25) is 9.78 Å². The summed E-state index contributed by atoms with van der Waals surface area (Å²) in [7, 11) is 1.69. The van der Waals surface area contributed by atoms with Crippen LogP contribution in [0.3, 0.4) is 0 Å². The lowest BCUT2D eigenvalue weighted by Gasteiger charge is -2.32. The summed E-state index contributed by atoms with van der Waals surface area (Å²) in [6.45, 7) is 2.73. The topological polar surface area (TPSA) is 54.5 Å². The average molecular weight is 498 g/mol. The normalized spacial score (nSPS) is 15.4. The van der Waals surface area contributed by atoms with Crippen molar-refractivity contribution in [1.82, 2.24) is 15.2 Å². The van der Waals surface area contributed by atoms with E-state index < -0.39 is 6.04 Å². The molecule has 1 aliphatic heterocycles. The van der Waals surface area contributed by atoms with Gasteiger partial charge in [0.2, 0.25) is 5.91 Å². The molecule has 1 unspecified atom stereocenters. The highest BCUT2D eigenvalue weighted by molar-refractivity contribution is 5.81. The third-order valence-corrected chi connectivity index (χ3v) is 7.21. The number of amides is 1. The van der Waals surface area contributed by atoms with Crippen LogP contribution in [-0.2, 0) is 11.2 Å². The Morgan fingerprint density at radius 1 is 1.03 bits per heavy atom. The minimum atomic E-state index is -0.441. The van der Waals surface area contributed by atoms with Gasteiger partial charge in [-0.25, -0.2) is 4.39 Å². The van der Waals surface area contributed by atoms with E-state index in [1.807, 2.05) is 48.5 Å². The molecule has 190 valence electrons. The summed E-state index contributed by atoms with van der Waals surface area (Å²) in [4.78, 5) is 20.6. The molecule has 0 spiro atoms. The zero-order chi connectivity index (χ0) is 25.6. The van der Waals surface area contributed by atoms with Crippen molar-refractivity contribution in [2.75, 3.05) is 26.7 Å². The van der Waals surface area contributed by atoms with Crippen LogP contribution in [0.4, 0.5) is 4.39 Å². The highest BCUT2D eigenvalue weighted by Crippen LogP contribution is 2.26. The summed E-state index contributed by atoms with van der Waals surface area (Å²) < 4.78 is 19.0. The zero-order valence-electron chi connectivity index (χ0n) is 21.1. The number of hydrogen-bond donors (Lipinski definition) is 1. The van der Waals surface area contributed by atoms with E-state index in [1.54, 1.807) is 19.2 Å². The highest BCUT2D eigenvalue weighted by atomic mass is 19.1. The fraction of sp³-hybridized carbons (Fsp3) is 0.290.